The van der Waals surface area contributed by atoms with Crippen LogP contribution in [0.1, 0.15) is 37.6 Å². The molecule has 0 bridgehead atoms. The van der Waals surface area contributed by atoms with Crippen molar-refractivity contribution in [2.75, 3.05) is 18.5 Å². The van der Waals surface area contributed by atoms with E-state index >= 15 is 0 Å². The van der Waals surface area contributed by atoms with Gasteiger partial charge in [0.2, 0.25) is 5.91 Å². The second kappa shape index (κ2) is 9.15. The first-order valence-electron chi connectivity index (χ1n) is 9.45. The first-order valence-corrected chi connectivity index (χ1v) is 10.3. The molecule has 6 heteroatoms. The Hall–Kier alpha value is -2.47. The number of rotatable bonds is 6. The van der Waals surface area contributed by atoms with Crippen LogP contribution in [0.5, 0.6) is 11.5 Å². The molecule has 0 saturated heterocycles. The minimum Gasteiger partial charge on any atom is -0.490 e. The SMILES string of the molecule is CC(C)C(=O)Nc1ccc(C(=O)C(C)Sc2ccc3c(c2)OCCCO3)cc1. The first kappa shape index (κ1) is 20.3. The molecule has 5 nitrogen and oxygen atoms in total. The lowest BCUT2D eigenvalue weighted by molar-refractivity contribution is -0.118. The molecule has 1 atom stereocenters. The van der Waals surface area contributed by atoms with Crippen molar-refractivity contribution in [3.8, 4) is 11.5 Å². The summed E-state index contributed by atoms with van der Waals surface area (Å²) >= 11 is 1.49. The van der Waals surface area contributed by atoms with Gasteiger partial charge in [-0.3, -0.25) is 9.59 Å². The molecule has 0 aromatic heterocycles. The Morgan fingerprint density at radius 2 is 1.64 bits per heavy atom. The van der Waals surface area contributed by atoms with Gasteiger partial charge in [-0.1, -0.05) is 13.8 Å². The number of carbonyl (C=O) groups excluding carboxylic acids is 2. The van der Waals surface area contributed by atoms with Crippen molar-refractivity contribution in [1.82, 2.24) is 0 Å². The van der Waals surface area contributed by atoms with Gasteiger partial charge in [-0.2, -0.15) is 0 Å². The van der Waals surface area contributed by atoms with Crippen LogP contribution < -0.4 is 14.8 Å². The average Bonchev–Trinajstić information content (AvgIpc) is 2.93. The van der Waals surface area contributed by atoms with Crippen LogP contribution in [0, 0.1) is 5.92 Å². The zero-order valence-corrected chi connectivity index (χ0v) is 17.2. The molecule has 0 radical (unpaired) electrons. The summed E-state index contributed by atoms with van der Waals surface area (Å²) < 4.78 is 11.4. The molecule has 0 spiro atoms. The van der Waals surface area contributed by atoms with E-state index in [4.69, 9.17) is 9.47 Å². The molecule has 2 aromatic rings. The van der Waals surface area contributed by atoms with Crippen molar-refractivity contribution in [1.29, 1.82) is 0 Å². The molecule has 1 aliphatic rings. The number of anilines is 1. The second-order valence-corrected chi connectivity index (χ2v) is 8.42. The summed E-state index contributed by atoms with van der Waals surface area (Å²) in [6.45, 7) is 6.86. The van der Waals surface area contributed by atoms with Crippen LogP contribution in [-0.2, 0) is 4.79 Å². The fourth-order valence-electron chi connectivity index (χ4n) is 2.71. The van der Waals surface area contributed by atoms with Crippen molar-refractivity contribution < 1.29 is 19.1 Å². The predicted octanol–water partition coefficient (Wildman–Crippen LogP) is 4.81. The minimum atomic E-state index is -0.249. The molecule has 1 N–H and O–H groups in total. The standard InChI is InChI=1S/C22H25NO4S/c1-14(2)22(25)23-17-7-5-16(6-8-17)21(24)15(3)28-18-9-10-19-20(13-18)27-12-4-11-26-19/h5-10,13-15H,4,11-12H2,1-3H3,(H,23,25). The van der Waals surface area contributed by atoms with E-state index < -0.39 is 0 Å². The molecule has 0 fully saturated rings. The highest BCUT2D eigenvalue weighted by Gasteiger charge is 2.18. The first-order chi connectivity index (χ1) is 13.4. The Kier molecular flexibility index (Phi) is 6.62. The van der Waals surface area contributed by atoms with E-state index in [1.165, 1.54) is 11.8 Å². The number of hydrogen-bond acceptors (Lipinski definition) is 5. The van der Waals surface area contributed by atoms with Crippen LogP contribution in [0.4, 0.5) is 5.69 Å². The summed E-state index contributed by atoms with van der Waals surface area (Å²) in [5, 5.41) is 2.58. The summed E-state index contributed by atoms with van der Waals surface area (Å²) in [5.74, 6) is 1.39. The van der Waals surface area contributed by atoms with Gasteiger partial charge < -0.3 is 14.8 Å². The molecule has 3 rings (SSSR count). The normalized spacial score (nSPS) is 14.3. The molecule has 1 unspecified atom stereocenters. The lowest BCUT2D eigenvalue weighted by atomic mass is 10.1. The second-order valence-electron chi connectivity index (χ2n) is 7.00. The van der Waals surface area contributed by atoms with Crippen molar-refractivity contribution in [3.63, 3.8) is 0 Å². The van der Waals surface area contributed by atoms with Crippen LogP contribution in [0.3, 0.4) is 0 Å². The maximum absolute atomic E-state index is 12.8. The average molecular weight is 400 g/mol. The summed E-state index contributed by atoms with van der Waals surface area (Å²) in [6, 6.07) is 12.8. The van der Waals surface area contributed by atoms with Gasteiger partial charge in [-0.25, -0.2) is 0 Å². The molecular formula is C22H25NO4S. The predicted molar refractivity (Wildman–Crippen MR) is 112 cm³/mol. The highest BCUT2D eigenvalue weighted by molar-refractivity contribution is 8.00. The zero-order valence-electron chi connectivity index (χ0n) is 16.4. The van der Waals surface area contributed by atoms with Gasteiger partial charge in [0.15, 0.2) is 17.3 Å². The van der Waals surface area contributed by atoms with E-state index in [9.17, 15) is 9.59 Å². The van der Waals surface area contributed by atoms with Gasteiger partial charge in [-0.15, -0.1) is 11.8 Å². The fourth-order valence-corrected chi connectivity index (χ4v) is 3.69. The molecule has 1 amide bonds. The molecule has 28 heavy (non-hydrogen) atoms. The Balaban J connectivity index is 1.64. The third kappa shape index (κ3) is 5.07. The number of amides is 1. The maximum atomic E-state index is 12.8. The van der Waals surface area contributed by atoms with E-state index in [0.717, 1.165) is 22.8 Å². The quantitative estimate of drug-likeness (QED) is 0.558. The molecule has 1 heterocycles. The summed E-state index contributed by atoms with van der Waals surface area (Å²) in [5.41, 5.74) is 1.32. The number of hydrogen-bond donors (Lipinski definition) is 1. The number of Topliss-reactive ketones (excluding diaryl/α,β-unsaturated/α-hetero) is 1. The topological polar surface area (TPSA) is 64.6 Å². The highest BCUT2D eigenvalue weighted by atomic mass is 32.2. The van der Waals surface area contributed by atoms with Crippen LogP contribution >= 0.6 is 11.8 Å². The van der Waals surface area contributed by atoms with Crippen molar-refractivity contribution in [2.45, 2.75) is 37.3 Å². The van der Waals surface area contributed by atoms with Crippen molar-refractivity contribution >= 4 is 29.1 Å². The number of fused-ring (bicyclic) bond motifs is 1. The maximum Gasteiger partial charge on any atom is 0.226 e. The number of ketones is 1. The van der Waals surface area contributed by atoms with E-state index in [-0.39, 0.29) is 22.9 Å². The highest BCUT2D eigenvalue weighted by Crippen LogP contribution is 2.35. The van der Waals surface area contributed by atoms with Crippen LogP contribution in [-0.4, -0.2) is 30.2 Å². The lowest BCUT2D eigenvalue weighted by Gasteiger charge is -2.13. The Morgan fingerprint density at radius 3 is 2.32 bits per heavy atom. The Morgan fingerprint density at radius 1 is 0.964 bits per heavy atom. The van der Waals surface area contributed by atoms with Crippen LogP contribution in [0.2, 0.25) is 0 Å². The van der Waals surface area contributed by atoms with E-state index in [1.807, 2.05) is 39.0 Å². The van der Waals surface area contributed by atoms with Crippen LogP contribution in [0.25, 0.3) is 0 Å². The third-order valence-electron chi connectivity index (χ3n) is 4.36. The molecule has 0 saturated carbocycles. The molecule has 0 aliphatic carbocycles. The van der Waals surface area contributed by atoms with Crippen molar-refractivity contribution in [3.05, 3.63) is 48.0 Å². The minimum absolute atomic E-state index is 0.0406. The van der Waals surface area contributed by atoms with Crippen LogP contribution in [0.15, 0.2) is 47.4 Å². The third-order valence-corrected chi connectivity index (χ3v) is 5.46. The Labute approximate surface area is 169 Å². The molecular weight excluding hydrogens is 374 g/mol. The van der Waals surface area contributed by atoms with E-state index in [0.29, 0.717) is 24.5 Å². The summed E-state index contributed by atoms with van der Waals surface area (Å²) in [7, 11) is 0. The monoisotopic (exact) mass is 399 g/mol. The van der Waals surface area contributed by atoms with Gasteiger partial charge in [0.25, 0.3) is 0 Å². The number of benzene rings is 2. The number of ether oxygens (including phenoxy) is 2. The van der Waals surface area contributed by atoms with Gasteiger partial charge >= 0.3 is 0 Å². The zero-order chi connectivity index (χ0) is 20.1. The lowest BCUT2D eigenvalue weighted by Crippen LogP contribution is -2.18. The molecule has 148 valence electrons. The smallest absolute Gasteiger partial charge is 0.226 e. The molecule has 2 aromatic carbocycles. The van der Waals surface area contributed by atoms with E-state index in [1.54, 1.807) is 24.3 Å². The largest absolute Gasteiger partial charge is 0.490 e. The summed E-state index contributed by atoms with van der Waals surface area (Å²) in [6.07, 6.45) is 0.861. The van der Waals surface area contributed by atoms with Gasteiger partial charge in [-0.05, 0) is 49.4 Å². The van der Waals surface area contributed by atoms with Gasteiger partial charge in [0, 0.05) is 28.5 Å². The molecule has 1 aliphatic heterocycles. The number of carbonyl (C=O) groups is 2. The van der Waals surface area contributed by atoms with Crippen molar-refractivity contribution in [2.24, 2.45) is 5.92 Å². The Bertz CT molecular complexity index is 848. The van der Waals surface area contributed by atoms with Gasteiger partial charge in [0.05, 0.1) is 18.5 Å². The summed E-state index contributed by atoms with van der Waals surface area (Å²) in [4.78, 5) is 25.5. The fraction of sp³-hybridized carbons (Fsp3) is 0.364. The van der Waals surface area contributed by atoms with Gasteiger partial charge in [0.1, 0.15) is 0 Å². The van der Waals surface area contributed by atoms with E-state index in [2.05, 4.69) is 5.32 Å². The number of nitrogens with one attached hydrogen (secondary N) is 1. The number of thioether (sulfide) groups is 1.